The van der Waals surface area contributed by atoms with Crippen molar-refractivity contribution in [3.8, 4) is 5.75 Å². The maximum atomic E-state index is 12.6. The Morgan fingerprint density at radius 2 is 1.89 bits per heavy atom. The maximum Gasteiger partial charge on any atom is 0.258 e. The lowest BCUT2D eigenvalue weighted by Gasteiger charge is -2.70. The van der Waals surface area contributed by atoms with E-state index >= 15 is 0 Å². The van der Waals surface area contributed by atoms with Crippen molar-refractivity contribution >= 4 is 35.0 Å². The van der Waals surface area contributed by atoms with Gasteiger partial charge in [-0.05, 0) is 50.3 Å². The molecule has 2 bridgehead atoms. The highest BCUT2D eigenvalue weighted by molar-refractivity contribution is 6.42. The molecule has 5 rings (SSSR count). The Morgan fingerprint density at radius 3 is 2.57 bits per heavy atom. The van der Waals surface area contributed by atoms with E-state index in [1.54, 1.807) is 18.2 Å². The summed E-state index contributed by atoms with van der Waals surface area (Å²) in [6.07, 6.45) is 3.40. The summed E-state index contributed by atoms with van der Waals surface area (Å²) in [5.41, 5.74) is -0.326. The molecular weight excluding hydrogens is 401 g/mol. The molecule has 8 heteroatoms. The number of piperidine rings is 1. The van der Waals surface area contributed by atoms with E-state index in [-0.39, 0.29) is 35.4 Å². The van der Waals surface area contributed by atoms with Crippen LogP contribution in [-0.2, 0) is 9.59 Å². The lowest BCUT2D eigenvalue weighted by atomic mass is 9.44. The van der Waals surface area contributed by atoms with Crippen LogP contribution in [0.15, 0.2) is 18.2 Å². The van der Waals surface area contributed by atoms with Gasteiger partial charge in [0.1, 0.15) is 5.75 Å². The highest BCUT2D eigenvalue weighted by atomic mass is 35.5. The third-order valence-corrected chi connectivity index (χ3v) is 6.99. The number of carbonyl (C=O) groups excluding carboxylic acids is 2. The average Bonchev–Trinajstić information content (AvgIpc) is 2.60. The van der Waals surface area contributed by atoms with Crippen LogP contribution in [-0.4, -0.2) is 42.6 Å². The number of benzene rings is 1. The van der Waals surface area contributed by atoms with Gasteiger partial charge in [-0.1, -0.05) is 30.1 Å². The predicted molar refractivity (Wildman–Crippen MR) is 108 cm³/mol. The fourth-order valence-corrected chi connectivity index (χ4v) is 5.08. The van der Waals surface area contributed by atoms with Gasteiger partial charge >= 0.3 is 0 Å². The van der Waals surface area contributed by atoms with Crippen LogP contribution in [0.4, 0.5) is 0 Å². The van der Waals surface area contributed by atoms with E-state index in [1.807, 2.05) is 0 Å². The molecule has 6 nitrogen and oxygen atoms in total. The second kappa shape index (κ2) is 7.39. The second-order valence-corrected chi connectivity index (χ2v) is 9.38. The van der Waals surface area contributed by atoms with E-state index in [1.165, 1.54) is 0 Å². The molecule has 152 valence electrons. The van der Waals surface area contributed by atoms with Crippen molar-refractivity contribution in [2.75, 3.05) is 19.7 Å². The fraction of sp³-hybridized carbons (Fsp3) is 0.600. The minimum absolute atomic E-state index is 0.0351. The van der Waals surface area contributed by atoms with Crippen LogP contribution in [0.5, 0.6) is 5.75 Å². The van der Waals surface area contributed by atoms with E-state index in [2.05, 4.69) is 22.9 Å². The van der Waals surface area contributed by atoms with Crippen LogP contribution in [0.2, 0.25) is 10.0 Å². The zero-order chi connectivity index (χ0) is 19.9. The lowest BCUT2D eigenvalue weighted by molar-refractivity contribution is -0.153. The highest BCUT2D eigenvalue weighted by Gasteiger charge is 2.69. The topological polar surface area (TPSA) is 79.5 Å². The Hall–Kier alpha value is -1.50. The Morgan fingerprint density at radius 1 is 1.18 bits per heavy atom. The fourth-order valence-electron chi connectivity index (χ4n) is 4.80. The number of hydrogen-bond donors (Lipinski definition) is 3. The Bertz CT molecular complexity index is 781. The number of hydrogen-bond acceptors (Lipinski definition) is 4. The van der Waals surface area contributed by atoms with Crippen LogP contribution >= 0.6 is 23.2 Å². The summed E-state index contributed by atoms with van der Waals surface area (Å²) in [6, 6.07) is 4.89. The summed E-state index contributed by atoms with van der Waals surface area (Å²) in [5, 5.41) is 10.4. The smallest absolute Gasteiger partial charge is 0.258 e. The molecule has 2 amide bonds. The summed E-state index contributed by atoms with van der Waals surface area (Å²) in [6.45, 7) is 3.79. The van der Waals surface area contributed by atoms with Crippen molar-refractivity contribution in [2.24, 2.45) is 11.8 Å². The van der Waals surface area contributed by atoms with Crippen molar-refractivity contribution < 1.29 is 14.3 Å². The highest BCUT2D eigenvalue weighted by Crippen LogP contribution is 2.60. The Balaban J connectivity index is 1.21. The average molecular weight is 426 g/mol. The van der Waals surface area contributed by atoms with Crippen molar-refractivity contribution in [3.63, 3.8) is 0 Å². The van der Waals surface area contributed by atoms with Gasteiger partial charge in [-0.15, -0.1) is 0 Å². The predicted octanol–water partition coefficient (Wildman–Crippen LogP) is 2.53. The number of halogens is 2. The number of carbonyl (C=O) groups is 2. The third-order valence-electron chi connectivity index (χ3n) is 6.25. The van der Waals surface area contributed by atoms with E-state index in [0.717, 1.165) is 38.8 Å². The molecule has 3 aliphatic carbocycles. The third kappa shape index (κ3) is 3.82. The number of rotatable bonds is 6. The van der Waals surface area contributed by atoms with Gasteiger partial charge in [-0.3, -0.25) is 9.59 Å². The molecule has 3 saturated carbocycles. The second-order valence-electron chi connectivity index (χ2n) is 8.57. The molecule has 0 radical (unpaired) electrons. The Labute approximate surface area is 174 Å². The summed E-state index contributed by atoms with van der Waals surface area (Å²) in [4.78, 5) is 24.8. The molecule has 1 aromatic carbocycles. The van der Waals surface area contributed by atoms with Gasteiger partial charge in [-0.25, -0.2) is 0 Å². The molecule has 28 heavy (non-hydrogen) atoms. The summed E-state index contributed by atoms with van der Waals surface area (Å²) < 4.78 is 5.48. The standard InChI is InChI=1S/C20H25Cl2N3O3/c1-12-4-5-23-7-14(12)18(27)25-20-9-19(10-20,11-20)24-17(26)8-28-13-2-3-15(21)16(22)6-13/h2-3,6,12,14,23H,4-5,7-11H2,1H3,(H,24,26)(H,25,27). The largest absolute Gasteiger partial charge is 0.484 e. The molecule has 4 aliphatic rings. The SMILES string of the molecule is CC1CCNCC1C(=O)NC12CC(NC(=O)COc3ccc(Cl)c(Cl)c3)(C1)C2. The first-order valence-corrected chi connectivity index (χ1v) is 10.5. The first-order valence-electron chi connectivity index (χ1n) is 9.71. The van der Waals surface area contributed by atoms with E-state index < -0.39 is 0 Å². The van der Waals surface area contributed by atoms with Crippen LogP contribution in [0.1, 0.15) is 32.6 Å². The normalized spacial score (nSPS) is 33.2. The quantitative estimate of drug-likeness (QED) is 0.653. The number of nitrogens with one attached hydrogen (secondary N) is 3. The van der Waals surface area contributed by atoms with Crippen molar-refractivity contribution in [1.29, 1.82) is 0 Å². The van der Waals surface area contributed by atoms with Gasteiger partial charge in [0.2, 0.25) is 5.91 Å². The van der Waals surface area contributed by atoms with E-state index in [0.29, 0.717) is 21.7 Å². The van der Waals surface area contributed by atoms with Gasteiger partial charge in [0.15, 0.2) is 6.61 Å². The molecular formula is C20H25Cl2N3O3. The first kappa shape index (κ1) is 19.8. The molecule has 0 aromatic heterocycles. The molecule has 1 saturated heterocycles. The minimum Gasteiger partial charge on any atom is -0.484 e. The van der Waals surface area contributed by atoms with Crippen LogP contribution in [0.25, 0.3) is 0 Å². The van der Waals surface area contributed by atoms with Crippen molar-refractivity contribution in [3.05, 3.63) is 28.2 Å². The van der Waals surface area contributed by atoms with Gasteiger partial charge in [0, 0.05) is 23.7 Å². The van der Waals surface area contributed by atoms with E-state index in [4.69, 9.17) is 27.9 Å². The van der Waals surface area contributed by atoms with E-state index in [9.17, 15) is 9.59 Å². The van der Waals surface area contributed by atoms with Gasteiger partial charge in [-0.2, -0.15) is 0 Å². The first-order chi connectivity index (χ1) is 13.3. The van der Waals surface area contributed by atoms with Gasteiger partial charge in [0.25, 0.3) is 5.91 Å². The van der Waals surface area contributed by atoms with Crippen LogP contribution in [0, 0.1) is 11.8 Å². The molecule has 1 aliphatic heterocycles. The molecule has 2 unspecified atom stereocenters. The summed E-state index contributed by atoms with van der Waals surface area (Å²) in [7, 11) is 0. The monoisotopic (exact) mass is 425 g/mol. The zero-order valence-corrected chi connectivity index (χ0v) is 17.3. The minimum atomic E-state index is -0.193. The van der Waals surface area contributed by atoms with Gasteiger partial charge in [0.05, 0.1) is 16.0 Å². The number of amides is 2. The molecule has 0 spiro atoms. The molecule has 1 heterocycles. The maximum absolute atomic E-state index is 12.6. The number of ether oxygens (including phenoxy) is 1. The molecule has 4 fully saturated rings. The Kier molecular flexibility index (Phi) is 5.23. The lowest BCUT2D eigenvalue weighted by Crippen LogP contribution is -2.84. The van der Waals surface area contributed by atoms with Crippen LogP contribution < -0.4 is 20.7 Å². The molecule has 2 atom stereocenters. The van der Waals surface area contributed by atoms with Crippen molar-refractivity contribution in [1.82, 2.24) is 16.0 Å². The summed E-state index contributed by atoms with van der Waals surface area (Å²) in [5.74, 6) is 0.910. The van der Waals surface area contributed by atoms with Crippen molar-refractivity contribution in [2.45, 2.75) is 43.7 Å². The molecule has 3 N–H and O–H groups in total. The summed E-state index contributed by atoms with van der Waals surface area (Å²) >= 11 is 11.8. The zero-order valence-electron chi connectivity index (χ0n) is 15.8. The van der Waals surface area contributed by atoms with Crippen LogP contribution in [0.3, 0.4) is 0 Å². The molecule has 1 aromatic rings. The van der Waals surface area contributed by atoms with Gasteiger partial charge < -0.3 is 20.7 Å².